The number of aliphatic hydroxyl groups is 4. The number of nitrogens with zero attached hydrogens (tertiary/aromatic N) is 1. The van der Waals surface area contributed by atoms with E-state index in [1.807, 2.05) is 24.3 Å². The number of hydrogen-bond donors (Lipinski definition) is 6. The average molecular weight is 589 g/mol. The second-order valence-electron chi connectivity index (χ2n) is 12.4. The molecule has 0 spiro atoms. The van der Waals surface area contributed by atoms with E-state index in [4.69, 9.17) is 5.73 Å². The summed E-state index contributed by atoms with van der Waals surface area (Å²) in [5.74, 6) is -8.11. The number of carbonyl (C=O) groups excluding carboxylic acids is 3. The molecule has 1 aliphatic heterocycles. The molecule has 6 rings (SSSR count). The highest BCUT2D eigenvalue weighted by atomic mass is 16.4. The van der Waals surface area contributed by atoms with Gasteiger partial charge >= 0.3 is 0 Å². The van der Waals surface area contributed by atoms with Crippen LogP contribution in [0.1, 0.15) is 54.4 Å². The first-order valence-corrected chi connectivity index (χ1v) is 14.7. The summed E-state index contributed by atoms with van der Waals surface area (Å²) in [4.78, 5) is 40.8. The smallest absolute Gasteiger partial charge is 0.255 e. The second-order valence-corrected chi connectivity index (χ2v) is 12.4. The summed E-state index contributed by atoms with van der Waals surface area (Å²) in [5, 5.41) is 56.6. The first-order chi connectivity index (χ1) is 20.4. The number of phenolic OH excluding ortho intramolecular Hbond substituents is 1. The maximum Gasteiger partial charge on any atom is 0.255 e. The van der Waals surface area contributed by atoms with Gasteiger partial charge in [-0.25, -0.2) is 0 Å². The topological polar surface area (TPSA) is 182 Å². The van der Waals surface area contributed by atoms with Crippen LogP contribution in [0.3, 0.4) is 0 Å². The molecule has 226 valence electrons. The SMILES string of the molecule is CC1c2ccc(CC3CCN(Cc4ccccc4)CC3)c(O)c2C(O)=C2C(=O)C3(O)C(O)=C(C(N)=O)C(=O)CC3C(O)C21. The molecule has 3 aliphatic carbocycles. The number of hydrogen-bond acceptors (Lipinski definition) is 9. The summed E-state index contributed by atoms with van der Waals surface area (Å²) in [6.07, 6.45) is 0.298. The Hall–Kier alpha value is -3.99. The van der Waals surface area contributed by atoms with Crippen molar-refractivity contribution in [2.24, 2.45) is 23.5 Å². The molecule has 0 aromatic heterocycles. The predicted molar refractivity (Wildman–Crippen MR) is 156 cm³/mol. The van der Waals surface area contributed by atoms with E-state index in [1.165, 1.54) is 5.56 Å². The molecule has 4 aliphatic rings. The number of rotatable bonds is 5. The van der Waals surface area contributed by atoms with Gasteiger partial charge in [-0.1, -0.05) is 49.4 Å². The Morgan fingerprint density at radius 2 is 1.72 bits per heavy atom. The van der Waals surface area contributed by atoms with Gasteiger partial charge in [0, 0.05) is 30.4 Å². The minimum absolute atomic E-state index is 0.0471. The van der Waals surface area contributed by atoms with Crippen LogP contribution in [0, 0.1) is 17.8 Å². The zero-order valence-corrected chi connectivity index (χ0v) is 23.9. The summed E-state index contributed by atoms with van der Waals surface area (Å²) in [5.41, 5.74) is 3.58. The Bertz CT molecular complexity index is 1570. The van der Waals surface area contributed by atoms with E-state index in [1.54, 1.807) is 13.0 Å². The molecule has 1 saturated heterocycles. The number of piperidine rings is 1. The van der Waals surface area contributed by atoms with Gasteiger partial charge < -0.3 is 31.3 Å². The molecule has 0 radical (unpaired) electrons. The first-order valence-electron chi connectivity index (χ1n) is 14.7. The van der Waals surface area contributed by atoms with Crippen LogP contribution in [0.15, 0.2) is 59.4 Å². The van der Waals surface area contributed by atoms with Crippen molar-refractivity contribution in [2.45, 2.75) is 56.8 Å². The number of Topliss-reactive ketones (excluding diaryl/α,β-unsaturated/α-hetero) is 2. The Morgan fingerprint density at radius 3 is 2.37 bits per heavy atom. The lowest BCUT2D eigenvalue weighted by Crippen LogP contribution is -2.63. The van der Waals surface area contributed by atoms with E-state index < -0.39 is 70.4 Å². The van der Waals surface area contributed by atoms with Gasteiger partial charge in [0.05, 0.1) is 11.7 Å². The minimum Gasteiger partial charge on any atom is -0.508 e. The molecule has 2 aromatic carbocycles. The Labute approximate surface area is 248 Å². The van der Waals surface area contributed by atoms with Crippen LogP contribution in [0.25, 0.3) is 5.76 Å². The van der Waals surface area contributed by atoms with E-state index in [0.717, 1.165) is 32.5 Å². The number of aromatic hydroxyl groups is 1. The number of likely N-dealkylation sites (tertiary alicyclic amines) is 1. The molecule has 10 heteroatoms. The minimum atomic E-state index is -2.84. The third-order valence-electron chi connectivity index (χ3n) is 10.0. The third kappa shape index (κ3) is 4.47. The normalized spacial score (nSPS) is 29.7. The monoisotopic (exact) mass is 588 g/mol. The van der Waals surface area contributed by atoms with Crippen LogP contribution >= 0.6 is 0 Å². The molecule has 1 saturated carbocycles. The van der Waals surface area contributed by atoms with Crippen LogP contribution < -0.4 is 5.73 Å². The summed E-state index contributed by atoms with van der Waals surface area (Å²) in [7, 11) is 0. The number of fused-ring (bicyclic) bond motifs is 3. The molecular formula is C33H36N2O8. The lowest BCUT2D eigenvalue weighted by molar-refractivity contribution is -0.160. The van der Waals surface area contributed by atoms with Crippen molar-refractivity contribution in [3.05, 3.63) is 81.6 Å². The third-order valence-corrected chi connectivity index (χ3v) is 10.0. The average Bonchev–Trinajstić information content (AvgIpc) is 2.97. The number of primary amides is 1. The van der Waals surface area contributed by atoms with Gasteiger partial charge in [-0.15, -0.1) is 0 Å². The van der Waals surface area contributed by atoms with Crippen LogP contribution in [0.2, 0.25) is 0 Å². The van der Waals surface area contributed by atoms with Crippen molar-refractivity contribution in [3.63, 3.8) is 0 Å². The summed E-state index contributed by atoms with van der Waals surface area (Å²) in [6, 6.07) is 13.9. The molecule has 2 fully saturated rings. The second kappa shape index (κ2) is 10.6. The van der Waals surface area contributed by atoms with Gasteiger partial charge in [0.15, 0.2) is 11.4 Å². The summed E-state index contributed by atoms with van der Waals surface area (Å²) < 4.78 is 0. The van der Waals surface area contributed by atoms with E-state index in [0.29, 0.717) is 23.5 Å². The fraction of sp³-hybridized carbons (Fsp3) is 0.424. The molecule has 43 heavy (non-hydrogen) atoms. The van der Waals surface area contributed by atoms with E-state index in [-0.39, 0.29) is 16.9 Å². The van der Waals surface area contributed by atoms with Crippen LogP contribution in [-0.2, 0) is 27.3 Å². The van der Waals surface area contributed by atoms with Crippen molar-refractivity contribution >= 4 is 23.2 Å². The quantitative estimate of drug-likeness (QED) is 0.286. The number of aliphatic hydroxyl groups excluding tert-OH is 3. The fourth-order valence-corrected chi connectivity index (χ4v) is 7.71. The molecule has 2 aromatic rings. The largest absolute Gasteiger partial charge is 0.508 e. The van der Waals surface area contributed by atoms with Crippen LogP contribution in [-0.4, -0.2) is 72.7 Å². The van der Waals surface area contributed by atoms with E-state index in [2.05, 4.69) is 17.0 Å². The molecule has 10 nitrogen and oxygen atoms in total. The molecular weight excluding hydrogens is 552 g/mol. The van der Waals surface area contributed by atoms with Gasteiger partial charge in [-0.2, -0.15) is 0 Å². The number of nitrogens with two attached hydrogens (primary N) is 1. The summed E-state index contributed by atoms with van der Waals surface area (Å²) in [6.45, 7) is 4.44. The maximum absolute atomic E-state index is 13.9. The van der Waals surface area contributed by atoms with Crippen molar-refractivity contribution in [2.75, 3.05) is 13.1 Å². The van der Waals surface area contributed by atoms with Crippen molar-refractivity contribution in [1.82, 2.24) is 4.90 Å². The zero-order valence-electron chi connectivity index (χ0n) is 23.9. The summed E-state index contributed by atoms with van der Waals surface area (Å²) >= 11 is 0. The van der Waals surface area contributed by atoms with Gasteiger partial charge in [-0.05, 0) is 60.9 Å². The molecule has 7 N–H and O–H groups in total. The fourth-order valence-electron chi connectivity index (χ4n) is 7.71. The molecule has 5 atom stereocenters. The highest BCUT2D eigenvalue weighted by Crippen LogP contribution is 2.56. The zero-order chi connectivity index (χ0) is 30.8. The van der Waals surface area contributed by atoms with Crippen molar-refractivity contribution < 1.29 is 39.9 Å². The Morgan fingerprint density at radius 1 is 1.05 bits per heavy atom. The lowest BCUT2D eigenvalue weighted by atomic mass is 9.55. The number of carbonyl (C=O) groups is 3. The standard InChI is InChI=1S/C33H36N2O8/c1-16-20-8-7-19(13-17-9-11-35(12-10-17)15-18-5-3-2-4-6-18)27(37)24(20)29(39)26-23(16)28(38)21-14-22(36)25(32(34)42)30(40)33(21,43)31(26)41/h2-8,16-17,21,23,28,37-40,43H,9-15H2,1H3,(H2,34,42). The highest BCUT2D eigenvalue weighted by Gasteiger charge is 2.64. The van der Waals surface area contributed by atoms with E-state index in [9.17, 15) is 39.9 Å². The Kier molecular flexibility index (Phi) is 7.19. The van der Waals surface area contributed by atoms with Crippen LogP contribution in [0.4, 0.5) is 0 Å². The number of phenols is 1. The number of amides is 1. The first kappa shape index (κ1) is 29.1. The predicted octanol–water partition coefficient (Wildman–Crippen LogP) is 2.41. The molecule has 1 amide bonds. The maximum atomic E-state index is 13.9. The van der Waals surface area contributed by atoms with Crippen molar-refractivity contribution in [1.29, 1.82) is 0 Å². The van der Waals surface area contributed by atoms with E-state index >= 15 is 0 Å². The number of benzene rings is 2. The van der Waals surface area contributed by atoms with Gasteiger partial charge in [-0.3, -0.25) is 19.3 Å². The molecule has 5 unspecified atom stereocenters. The lowest BCUT2D eigenvalue weighted by Gasteiger charge is -2.50. The van der Waals surface area contributed by atoms with Gasteiger partial charge in [0.2, 0.25) is 5.78 Å². The molecule has 0 bridgehead atoms. The number of ketones is 2. The van der Waals surface area contributed by atoms with Gasteiger partial charge in [0.25, 0.3) is 5.91 Å². The van der Waals surface area contributed by atoms with Crippen LogP contribution in [0.5, 0.6) is 5.75 Å². The Balaban J connectivity index is 1.30. The van der Waals surface area contributed by atoms with Crippen molar-refractivity contribution in [3.8, 4) is 5.75 Å². The highest BCUT2D eigenvalue weighted by molar-refractivity contribution is 6.23. The van der Waals surface area contributed by atoms with Gasteiger partial charge in [0.1, 0.15) is 22.8 Å². The molecule has 1 heterocycles.